The van der Waals surface area contributed by atoms with Crippen LogP contribution in [0.4, 0.5) is 0 Å². The highest BCUT2D eigenvalue weighted by atomic mass is 32.2. The highest BCUT2D eigenvalue weighted by Gasteiger charge is 2.43. The molecule has 11 heavy (non-hydrogen) atoms. The minimum atomic E-state index is -0.00144. The summed E-state index contributed by atoms with van der Waals surface area (Å²) in [7, 11) is 0. The van der Waals surface area contributed by atoms with Gasteiger partial charge in [0.1, 0.15) is 0 Å². The summed E-state index contributed by atoms with van der Waals surface area (Å²) in [5.74, 6) is 1.30. The number of hydrogen-bond donors (Lipinski definition) is 0. The molecule has 3 heteroatoms. The normalized spacial score (nSPS) is 28.2. The van der Waals surface area contributed by atoms with Gasteiger partial charge in [-0.05, 0) is 19.1 Å². The predicted molar refractivity (Wildman–Crippen MR) is 46.7 cm³/mol. The summed E-state index contributed by atoms with van der Waals surface area (Å²) in [4.78, 5) is 11.1. The molecule has 2 unspecified atom stereocenters. The predicted octanol–water partition coefficient (Wildman–Crippen LogP) is 1.69. The topological polar surface area (TPSA) is 26.3 Å². The molecule has 0 aromatic carbocycles. The fourth-order valence-corrected chi connectivity index (χ4v) is 2.18. The molecule has 1 fully saturated rings. The summed E-state index contributed by atoms with van der Waals surface area (Å²) in [6.45, 7) is 4.48. The van der Waals surface area contributed by atoms with Gasteiger partial charge in [0, 0.05) is 5.25 Å². The first-order valence-electron chi connectivity index (χ1n) is 4.07. The van der Waals surface area contributed by atoms with E-state index in [2.05, 4.69) is 6.92 Å². The second kappa shape index (κ2) is 4.00. The van der Waals surface area contributed by atoms with Gasteiger partial charge in [0.05, 0.1) is 12.5 Å². The van der Waals surface area contributed by atoms with E-state index in [1.807, 2.05) is 18.7 Å². The van der Waals surface area contributed by atoms with Crippen molar-refractivity contribution in [1.29, 1.82) is 0 Å². The fourth-order valence-electron chi connectivity index (χ4n) is 1.07. The van der Waals surface area contributed by atoms with E-state index >= 15 is 0 Å². The Bertz CT molecular complexity index is 147. The first kappa shape index (κ1) is 8.91. The molecule has 0 heterocycles. The Kier molecular flexibility index (Phi) is 3.24. The lowest BCUT2D eigenvalue weighted by Crippen LogP contribution is -2.07. The van der Waals surface area contributed by atoms with E-state index in [0.29, 0.717) is 11.9 Å². The molecule has 0 aromatic rings. The Balaban J connectivity index is 2.15. The molecule has 2 atom stereocenters. The van der Waals surface area contributed by atoms with E-state index in [0.717, 1.165) is 12.2 Å². The Hall–Kier alpha value is -0.180. The smallest absolute Gasteiger partial charge is 0.310 e. The van der Waals surface area contributed by atoms with Crippen molar-refractivity contribution in [2.24, 2.45) is 5.92 Å². The van der Waals surface area contributed by atoms with E-state index in [4.69, 9.17) is 4.74 Å². The highest BCUT2D eigenvalue weighted by molar-refractivity contribution is 8.00. The van der Waals surface area contributed by atoms with Crippen LogP contribution in [0.1, 0.15) is 20.3 Å². The quantitative estimate of drug-likeness (QED) is 0.607. The van der Waals surface area contributed by atoms with Crippen LogP contribution in [0, 0.1) is 5.92 Å². The minimum Gasteiger partial charge on any atom is -0.466 e. The van der Waals surface area contributed by atoms with Crippen LogP contribution < -0.4 is 0 Å². The molecule has 0 N–H and O–H groups in total. The van der Waals surface area contributed by atoms with E-state index in [-0.39, 0.29) is 11.9 Å². The van der Waals surface area contributed by atoms with Crippen molar-refractivity contribution >= 4 is 17.7 Å². The van der Waals surface area contributed by atoms with Gasteiger partial charge in [-0.15, -0.1) is 0 Å². The van der Waals surface area contributed by atoms with E-state index in [1.54, 1.807) is 0 Å². The summed E-state index contributed by atoms with van der Waals surface area (Å²) in [5, 5.41) is 0.555. The van der Waals surface area contributed by atoms with Gasteiger partial charge >= 0.3 is 5.97 Å². The van der Waals surface area contributed by atoms with Gasteiger partial charge in [-0.25, -0.2) is 0 Å². The Morgan fingerprint density at radius 2 is 2.36 bits per heavy atom. The minimum absolute atomic E-state index is 0.00144. The first-order chi connectivity index (χ1) is 5.29. The van der Waals surface area contributed by atoms with Crippen LogP contribution in [0.2, 0.25) is 0 Å². The number of ether oxygens (including phenoxy) is 1. The molecule has 1 aliphatic rings. The number of hydrogen-bond acceptors (Lipinski definition) is 3. The van der Waals surface area contributed by atoms with Gasteiger partial charge in [0.15, 0.2) is 0 Å². The number of esters is 1. The Morgan fingerprint density at radius 3 is 2.91 bits per heavy atom. The van der Waals surface area contributed by atoms with Gasteiger partial charge in [0.2, 0.25) is 0 Å². The zero-order valence-corrected chi connectivity index (χ0v) is 7.82. The van der Waals surface area contributed by atoms with Crippen LogP contribution >= 0.6 is 11.8 Å². The van der Waals surface area contributed by atoms with Crippen LogP contribution in [-0.4, -0.2) is 23.6 Å². The summed E-state index contributed by atoms with van der Waals surface area (Å²) >= 11 is 1.86. The monoisotopic (exact) mass is 174 g/mol. The lowest BCUT2D eigenvalue weighted by atomic mass is 10.4. The summed E-state index contributed by atoms with van der Waals surface area (Å²) in [6, 6.07) is 0. The summed E-state index contributed by atoms with van der Waals surface area (Å²) in [6.07, 6.45) is 1.03. The van der Waals surface area contributed by atoms with Crippen molar-refractivity contribution in [2.45, 2.75) is 25.5 Å². The Morgan fingerprint density at radius 1 is 1.64 bits per heavy atom. The Labute approximate surface area is 71.7 Å². The molecule has 0 aliphatic heterocycles. The molecular weight excluding hydrogens is 160 g/mol. The van der Waals surface area contributed by atoms with Crippen LogP contribution in [0.3, 0.4) is 0 Å². The SMILES string of the molecule is CCOC(=O)C1CC1SCC. The van der Waals surface area contributed by atoms with Gasteiger partial charge in [-0.2, -0.15) is 11.8 Å². The number of carbonyl (C=O) groups is 1. The van der Waals surface area contributed by atoms with Crippen molar-refractivity contribution in [3.05, 3.63) is 0 Å². The van der Waals surface area contributed by atoms with Crippen LogP contribution in [0.25, 0.3) is 0 Å². The third-order valence-electron chi connectivity index (χ3n) is 1.70. The van der Waals surface area contributed by atoms with Crippen molar-refractivity contribution in [2.75, 3.05) is 12.4 Å². The molecule has 1 saturated carbocycles. The largest absolute Gasteiger partial charge is 0.466 e. The molecule has 0 bridgehead atoms. The van der Waals surface area contributed by atoms with Gasteiger partial charge in [0.25, 0.3) is 0 Å². The summed E-state index contributed by atoms with van der Waals surface area (Å²) in [5.41, 5.74) is 0. The lowest BCUT2D eigenvalue weighted by molar-refractivity contribution is -0.144. The van der Waals surface area contributed by atoms with Crippen molar-refractivity contribution in [1.82, 2.24) is 0 Å². The number of thioether (sulfide) groups is 1. The molecule has 0 saturated heterocycles. The zero-order valence-electron chi connectivity index (χ0n) is 7.00. The molecule has 0 aromatic heterocycles. The van der Waals surface area contributed by atoms with Crippen molar-refractivity contribution in [3.8, 4) is 0 Å². The van der Waals surface area contributed by atoms with Gasteiger partial charge in [-0.3, -0.25) is 4.79 Å². The fraction of sp³-hybridized carbons (Fsp3) is 0.875. The molecule has 64 valence electrons. The van der Waals surface area contributed by atoms with Crippen molar-refractivity contribution in [3.63, 3.8) is 0 Å². The molecule has 1 aliphatic carbocycles. The molecule has 0 radical (unpaired) electrons. The lowest BCUT2D eigenvalue weighted by Gasteiger charge is -1.98. The van der Waals surface area contributed by atoms with Gasteiger partial charge in [-0.1, -0.05) is 6.92 Å². The van der Waals surface area contributed by atoms with Crippen LogP contribution in [0.5, 0.6) is 0 Å². The van der Waals surface area contributed by atoms with Crippen LogP contribution in [0.15, 0.2) is 0 Å². The first-order valence-corrected chi connectivity index (χ1v) is 5.12. The molecule has 0 amide bonds. The third-order valence-corrected chi connectivity index (χ3v) is 2.98. The maximum atomic E-state index is 11.1. The maximum Gasteiger partial charge on any atom is 0.310 e. The molecule has 1 rings (SSSR count). The second-order valence-corrected chi connectivity index (χ2v) is 4.10. The maximum absolute atomic E-state index is 11.1. The van der Waals surface area contributed by atoms with Crippen LogP contribution in [-0.2, 0) is 9.53 Å². The van der Waals surface area contributed by atoms with E-state index in [9.17, 15) is 4.79 Å². The standard InChI is InChI=1S/C8H14O2S/c1-3-10-8(9)6-5-7(6)11-4-2/h6-7H,3-5H2,1-2H3. The average Bonchev–Trinajstić information content (AvgIpc) is 2.69. The highest BCUT2D eigenvalue weighted by Crippen LogP contribution is 2.42. The molecular formula is C8H14O2S. The molecule has 0 spiro atoms. The van der Waals surface area contributed by atoms with E-state index < -0.39 is 0 Å². The average molecular weight is 174 g/mol. The number of carbonyl (C=O) groups excluding carboxylic acids is 1. The van der Waals surface area contributed by atoms with Gasteiger partial charge < -0.3 is 4.74 Å². The molecule has 2 nitrogen and oxygen atoms in total. The third kappa shape index (κ3) is 2.40. The van der Waals surface area contributed by atoms with E-state index in [1.165, 1.54) is 0 Å². The summed E-state index contributed by atoms with van der Waals surface area (Å²) < 4.78 is 4.89. The number of rotatable bonds is 4. The zero-order chi connectivity index (χ0) is 8.27. The second-order valence-electron chi connectivity index (χ2n) is 2.59. The van der Waals surface area contributed by atoms with Crippen molar-refractivity contribution < 1.29 is 9.53 Å².